The van der Waals surface area contributed by atoms with E-state index in [2.05, 4.69) is 5.32 Å². The molecule has 1 aliphatic rings. The number of nitrogens with zero attached hydrogens (tertiary/aromatic N) is 1. The number of benzene rings is 1. The van der Waals surface area contributed by atoms with Crippen LogP contribution in [0.5, 0.6) is 0 Å². The highest BCUT2D eigenvalue weighted by Gasteiger charge is 2.33. The second kappa shape index (κ2) is 6.76. The minimum absolute atomic E-state index is 0.0254. The van der Waals surface area contributed by atoms with Crippen molar-refractivity contribution in [3.63, 3.8) is 0 Å². The van der Waals surface area contributed by atoms with Crippen molar-refractivity contribution in [2.75, 3.05) is 18.4 Å². The maximum atomic E-state index is 12.7. The van der Waals surface area contributed by atoms with Crippen LogP contribution in [-0.4, -0.2) is 41.0 Å². The molecule has 5 nitrogen and oxygen atoms in total. The normalized spacial score (nSPS) is 18.9. The van der Waals surface area contributed by atoms with Gasteiger partial charge in [-0.2, -0.15) is 13.2 Å². The Labute approximate surface area is 135 Å². The van der Waals surface area contributed by atoms with E-state index in [-0.39, 0.29) is 17.3 Å². The first-order chi connectivity index (χ1) is 10.7. The van der Waals surface area contributed by atoms with E-state index < -0.39 is 29.7 Å². The molecule has 0 unspecified atom stereocenters. The maximum absolute atomic E-state index is 12.7. The molecule has 0 aromatic heterocycles. The van der Waals surface area contributed by atoms with Crippen LogP contribution in [0.15, 0.2) is 18.2 Å². The smallest absolute Gasteiger partial charge is 0.416 e. The summed E-state index contributed by atoms with van der Waals surface area (Å²) in [7, 11) is 0. The molecule has 0 saturated carbocycles. The molecule has 1 fully saturated rings. The lowest BCUT2D eigenvalue weighted by Gasteiger charge is -2.20. The Hall–Kier alpha value is -1.80. The predicted molar refractivity (Wildman–Crippen MR) is 77.3 cm³/mol. The number of carbonyl (C=O) groups is 2. The van der Waals surface area contributed by atoms with Crippen LogP contribution < -0.4 is 5.32 Å². The zero-order chi connectivity index (χ0) is 17.2. The van der Waals surface area contributed by atoms with E-state index in [9.17, 15) is 22.8 Å². The molecule has 9 heteroatoms. The van der Waals surface area contributed by atoms with Crippen molar-refractivity contribution >= 4 is 29.2 Å². The summed E-state index contributed by atoms with van der Waals surface area (Å²) in [5.41, 5.74) is -1.08. The molecule has 1 amide bonds. The highest BCUT2D eigenvalue weighted by molar-refractivity contribution is 6.33. The molecule has 2 rings (SSSR count). The van der Waals surface area contributed by atoms with Gasteiger partial charge in [-0.05, 0) is 37.6 Å². The Morgan fingerprint density at radius 1 is 1.39 bits per heavy atom. The molecule has 1 aromatic carbocycles. The lowest BCUT2D eigenvalue weighted by molar-refractivity contribution is -0.142. The molecule has 0 aliphatic carbocycles. The lowest BCUT2D eigenvalue weighted by atomic mass is 10.2. The van der Waals surface area contributed by atoms with E-state index >= 15 is 0 Å². The molecule has 1 aromatic rings. The molecular weight excluding hydrogens is 337 g/mol. The molecule has 0 radical (unpaired) electrons. The summed E-state index contributed by atoms with van der Waals surface area (Å²) in [6, 6.07) is 1.87. The third kappa shape index (κ3) is 4.35. The highest BCUT2D eigenvalue weighted by atomic mass is 35.5. The predicted octanol–water partition coefficient (Wildman–Crippen LogP) is 2.85. The number of amides is 1. The molecule has 1 aliphatic heterocycles. The van der Waals surface area contributed by atoms with Crippen molar-refractivity contribution < 1.29 is 27.9 Å². The van der Waals surface area contributed by atoms with Crippen LogP contribution in [0, 0.1) is 0 Å². The minimum atomic E-state index is -4.55. The van der Waals surface area contributed by atoms with Crippen LogP contribution >= 0.6 is 11.6 Å². The highest BCUT2D eigenvalue weighted by Crippen LogP contribution is 2.33. The molecular formula is C14H14ClF3N2O3. The first-order valence-corrected chi connectivity index (χ1v) is 7.19. The van der Waals surface area contributed by atoms with Crippen molar-refractivity contribution in [3.8, 4) is 0 Å². The van der Waals surface area contributed by atoms with Crippen molar-refractivity contribution in [3.05, 3.63) is 28.8 Å². The average Bonchev–Trinajstić information content (AvgIpc) is 2.88. The van der Waals surface area contributed by atoms with Gasteiger partial charge in [0.25, 0.3) is 0 Å². The molecule has 0 spiro atoms. The third-order valence-electron chi connectivity index (χ3n) is 3.56. The molecule has 0 bridgehead atoms. The fraction of sp³-hybridized carbons (Fsp3) is 0.429. The second-order valence-electron chi connectivity index (χ2n) is 5.21. The summed E-state index contributed by atoms with van der Waals surface area (Å²) >= 11 is 5.80. The summed E-state index contributed by atoms with van der Waals surface area (Å²) in [5, 5.41) is 11.3. The number of rotatable bonds is 4. The quantitative estimate of drug-likeness (QED) is 0.876. The fourth-order valence-electron chi connectivity index (χ4n) is 2.47. The van der Waals surface area contributed by atoms with Crippen molar-refractivity contribution in [2.45, 2.75) is 25.1 Å². The van der Waals surface area contributed by atoms with E-state index in [1.165, 1.54) is 4.90 Å². The summed E-state index contributed by atoms with van der Waals surface area (Å²) in [4.78, 5) is 24.5. The third-order valence-corrected chi connectivity index (χ3v) is 3.89. The molecule has 23 heavy (non-hydrogen) atoms. The van der Waals surface area contributed by atoms with Gasteiger partial charge in [0, 0.05) is 0 Å². The van der Waals surface area contributed by atoms with E-state index in [1.807, 2.05) is 0 Å². The van der Waals surface area contributed by atoms with Gasteiger partial charge in [0.15, 0.2) is 0 Å². The number of anilines is 1. The van der Waals surface area contributed by atoms with Crippen LogP contribution in [0.1, 0.15) is 18.4 Å². The van der Waals surface area contributed by atoms with Gasteiger partial charge in [0.2, 0.25) is 5.91 Å². The average molecular weight is 351 g/mol. The zero-order valence-electron chi connectivity index (χ0n) is 11.9. The number of halogens is 4. The Morgan fingerprint density at radius 3 is 2.70 bits per heavy atom. The molecule has 1 atom stereocenters. The van der Waals surface area contributed by atoms with Crippen molar-refractivity contribution in [2.24, 2.45) is 0 Å². The summed E-state index contributed by atoms with van der Waals surface area (Å²) in [6.07, 6.45) is -3.46. The molecule has 1 saturated heterocycles. The van der Waals surface area contributed by atoms with Gasteiger partial charge >= 0.3 is 12.1 Å². The molecule has 1 heterocycles. The number of carbonyl (C=O) groups excluding carboxylic acids is 1. The van der Waals surface area contributed by atoms with E-state index in [4.69, 9.17) is 16.7 Å². The Morgan fingerprint density at radius 2 is 2.09 bits per heavy atom. The number of likely N-dealkylation sites (tertiary alicyclic amines) is 1. The van der Waals surface area contributed by atoms with Gasteiger partial charge in [0.05, 0.1) is 22.8 Å². The van der Waals surface area contributed by atoms with Gasteiger partial charge in [-0.15, -0.1) is 0 Å². The van der Waals surface area contributed by atoms with Gasteiger partial charge in [-0.3, -0.25) is 14.5 Å². The Bertz CT molecular complexity index is 622. The summed E-state index contributed by atoms with van der Waals surface area (Å²) < 4.78 is 38.0. The SMILES string of the molecule is O=C(CN1CCC[C@H]1C(=O)O)Nc1cc(C(F)(F)F)ccc1Cl. The number of alkyl halides is 3. The van der Waals surface area contributed by atoms with Crippen LogP contribution in [0.4, 0.5) is 18.9 Å². The van der Waals surface area contributed by atoms with Gasteiger partial charge in [-0.1, -0.05) is 11.6 Å². The Kier molecular flexibility index (Phi) is 5.16. The van der Waals surface area contributed by atoms with Gasteiger partial charge in [-0.25, -0.2) is 0 Å². The number of carboxylic acid groups (broad SMARTS) is 1. The molecule has 2 N–H and O–H groups in total. The number of aliphatic carboxylic acids is 1. The number of nitrogens with one attached hydrogen (secondary N) is 1. The van der Waals surface area contributed by atoms with Crippen LogP contribution in [-0.2, 0) is 15.8 Å². The first kappa shape index (κ1) is 17.6. The summed E-state index contributed by atoms with van der Waals surface area (Å²) in [5.74, 6) is -1.63. The topological polar surface area (TPSA) is 69.6 Å². The Balaban J connectivity index is 2.07. The summed E-state index contributed by atoms with van der Waals surface area (Å²) in [6.45, 7) is 0.226. The molecule has 126 valence electrons. The van der Waals surface area contributed by atoms with Crippen LogP contribution in [0.25, 0.3) is 0 Å². The van der Waals surface area contributed by atoms with E-state index in [1.54, 1.807) is 0 Å². The van der Waals surface area contributed by atoms with E-state index in [0.717, 1.165) is 18.2 Å². The second-order valence-corrected chi connectivity index (χ2v) is 5.61. The van der Waals surface area contributed by atoms with Crippen molar-refractivity contribution in [1.29, 1.82) is 0 Å². The van der Waals surface area contributed by atoms with Crippen molar-refractivity contribution in [1.82, 2.24) is 4.90 Å². The van der Waals surface area contributed by atoms with Crippen LogP contribution in [0.3, 0.4) is 0 Å². The monoisotopic (exact) mass is 350 g/mol. The number of hydrogen-bond donors (Lipinski definition) is 2. The minimum Gasteiger partial charge on any atom is -0.480 e. The standard InChI is InChI=1S/C14H14ClF3N2O3/c15-9-4-3-8(14(16,17)18)6-10(9)19-12(21)7-20-5-1-2-11(20)13(22)23/h3-4,6,11H,1-2,5,7H2,(H,19,21)(H,22,23)/t11-/m0/s1. The van der Waals surface area contributed by atoms with Gasteiger partial charge < -0.3 is 10.4 Å². The van der Waals surface area contributed by atoms with Crippen LogP contribution in [0.2, 0.25) is 5.02 Å². The lowest BCUT2D eigenvalue weighted by Crippen LogP contribution is -2.40. The fourth-order valence-corrected chi connectivity index (χ4v) is 2.63. The number of carboxylic acids is 1. The first-order valence-electron chi connectivity index (χ1n) is 6.82. The van der Waals surface area contributed by atoms with E-state index in [0.29, 0.717) is 19.4 Å². The van der Waals surface area contributed by atoms with Gasteiger partial charge in [0.1, 0.15) is 6.04 Å². The maximum Gasteiger partial charge on any atom is 0.416 e. The number of hydrogen-bond acceptors (Lipinski definition) is 3. The largest absolute Gasteiger partial charge is 0.480 e. The zero-order valence-corrected chi connectivity index (χ0v) is 12.6.